The molecule has 0 aromatic carbocycles. The molecule has 1 aromatic heterocycles. The van der Waals surface area contributed by atoms with Crippen molar-refractivity contribution in [3.8, 4) is 0 Å². The Bertz CT molecular complexity index is 315. The standard InChI is InChI=1S/C4H2ClNO5S2/c5-4-2(6(7)8)1-3(12-4)13-11-10-9/h1,9H/p-1. The molecule has 1 rings (SSSR count). The predicted octanol–water partition coefficient (Wildman–Crippen LogP) is 1.54. The van der Waals surface area contributed by atoms with Gasteiger partial charge in [-0.05, 0) is 0 Å². The Morgan fingerprint density at radius 3 is 2.85 bits per heavy atom. The van der Waals surface area contributed by atoms with E-state index in [-0.39, 0.29) is 10.0 Å². The number of nitro groups is 1. The van der Waals surface area contributed by atoms with E-state index >= 15 is 0 Å². The number of hydrogen-bond donors (Lipinski definition) is 0. The smallest absolute Gasteiger partial charge is 0.299 e. The molecule has 0 aliphatic carbocycles. The predicted molar refractivity (Wildman–Crippen MR) is 44.0 cm³/mol. The molecule has 0 saturated carbocycles. The number of thiophene rings is 1. The highest BCUT2D eigenvalue weighted by Crippen LogP contribution is 2.39. The Morgan fingerprint density at radius 1 is 1.69 bits per heavy atom. The van der Waals surface area contributed by atoms with Gasteiger partial charge in [0.1, 0.15) is 0 Å². The molecular weight excluding hydrogens is 242 g/mol. The Labute approximate surface area is 85.2 Å². The van der Waals surface area contributed by atoms with Crippen LogP contribution in [0.15, 0.2) is 10.3 Å². The Kier molecular flexibility index (Phi) is 3.90. The van der Waals surface area contributed by atoms with E-state index in [2.05, 4.69) is 9.37 Å². The highest BCUT2D eigenvalue weighted by atomic mass is 35.5. The highest BCUT2D eigenvalue weighted by molar-refractivity contribution is 7.96. The van der Waals surface area contributed by atoms with Crippen molar-refractivity contribution in [3.63, 3.8) is 0 Å². The van der Waals surface area contributed by atoms with Gasteiger partial charge in [-0.15, -0.1) is 11.3 Å². The van der Waals surface area contributed by atoms with E-state index in [1.165, 1.54) is 6.07 Å². The molecular formula is C4HClNO5S2-. The topological polar surface area (TPSA) is 84.7 Å². The molecule has 0 fully saturated rings. The van der Waals surface area contributed by atoms with E-state index in [1.54, 1.807) is 0 Å². The van der Waals surface area contributed by atoms with E-state index in [0.29, 0.717) is 16.3 Å². The number of hydrogen-bond acceptors (Lipinski definition) is 7. The van der Waals surface area contributed by atoms with E-state index in [4.69, 9.17) is 11.6 Å². The van der Waals surface area contributed by atoms with Crippen molar-refractivity contribution in [3.05, 3.63) is 20.5 Å². The summed E-state index contributed by atoms with van der Waals surface area (Å²) in [6, 6.07) is 1.19. The third-order valence-electron chi connectivity index (χ3n) is 0.987. The van der Waals surface area contributed by atoms with Crippen LogP contribution in [0.5, 0.6) is 0 Å². The third kappa shape index (κ3) is 2.79. The number of rotatable bonds is 4. The molecule has 0 spiro atoms. The lowest BCUT2D eigenvalue weighted by molar-refractivity contribution is -0.777. The average molecular weight is 243 g/mol. The van der Waals surface area contributed by atoms with Gasteiger partial charge in [-0.3, -0.25) is 15.2 Å². The highest BCUT2D eigenvalue weighted by Gasteiger charge is 2.17. The minimum absolute atomic E-state index is 0.0296. The normalized spacial score (nSPS) is 10.3. The lowest BCUT2D eigenvalue weighted by atomic mass is 10.6. The Hall–Kier alpha value is -0.380. The lowest BCUT2D eigenvalue weighted by Crippen LogP contribution is -2.00. The third-order valence-corrected chi connectivity index (χ3v) is 2.98. The summed E-state index contributed by atoms with van der Waals surface area (Å²) in [6.07, 6.45) is 0. The maximum absolute atomic E-state index is 10.3. The molecule has 72 valence electrons. The van der Waals surface area contributed by atoms with Gasteiger partial charge in [0, 0.05) is 6.07 Å². The minimum atomic E-state index is -0.624. The number of halogens is 1. The summed E-state index contributed by atoms with van der Waals surface area (Å²) < 4.78 is 4.36. The van der Waals surface area contributed by atoms with Crippen LogP contribution in [0.4, 0.5) is 5.69 Å². The van der Waals surface area contributed by atoms with E-state index in [9.17, 15) is 15.4 Å². The molecule has 0 bridgehead atoms. The summed E-state index contributed by atoms with van der Waals surface area (Å²) in [6.45, 7) is 0. The monoisotopic (exact) mass is 242 g/mol. The maximum atomic E-state index is 10.3. The van der Waals surface area contributed by atoms with Gasteiger partial charge >= 0.3 is 0 Å². The fourth-order valence-corrected chi connectivity index (χ4v) is 2.37. The van der Waals surface area contributed by atoms with Crippen molar-refractivity contribution < 1.29 is 19.6 Å². The summed E-state index contributed by atoms with van der Waals surface area (Å²) in [7, 11) is 0. The first-order chi connectivity index (χ1) is 6.15. The summed E-state index contributed by atoms with van der Waals surface area (Å²) in [4.78, 5) is 9.67. The molecule has 6 nitrogen and oxygen atoms in total. The number of nitrogens with zero attached hydrogens (tertiary/aromatic N) is 1. The van der Waals surface area contributed by atoms with Crippen LogP contribution in [0.3, 0.4) is 0 Å². The van der Waals surface area contributed by atoms with Crippen molar-refractivity contribution in [2.45, 2.75) is 4.21 Å². The van der Waals surface area contributed by atoms with Gasteiger partial charge in [-0.25, -0.2) is 0 Å². The van der Waals surface area contributed by atoms with Gasteiger partial charge in [0.15, 0.2) is 4.34 Å². The van der Waals surface area contributed by atoms with Gasteiger partial charge in [-0.1, -0.05) is 11.6 Å². The van der Waals surface area contributed by atoms with Crippen molar-refractivity contribution in [1.82, 2.24) is 0 Å². The van der Waals surface area contributed by atoms with Crippen molar-refractivity contribution in [1.29, 1.82) is 0 Å². The molecule has 0 atom stereocenters. The quantitative estimate of drug-likeness (QED) is 0.345. The SMILES string of the molecule is O=[N+]([O-])c1cc(SOO[O-])sc1Cl. The van der Waals surface area contributed by atoms with Crippen LogP contribution in [0.25, 0.3) is 0 Å². The Balaban J connectivity index is 2.76. The van der Waals surface area contributed by atoms with Crippen LogP contribution in [-0.2, 0) is 9.37 Å². The molecule has 0 aliphatic heterocycles. The van der Waals surface area contributed by atoms with Crippen molar-refractivity contribution in [2.24, 2.45) is 0 Å². The largest absolute Gasteiger partial charge is 0.691 e. The summed E-state index contributed by atoms with van der Waals surface area (Å²) in [5.41, 5.74) is -0.219. The fraction of sp³-hybridized carbons (Fsp3) is 0. The first-order valence-corrected chi connectivity index (χ1v) is 4.65. The molecule has 0 unspecified atom stereocenters. The zero-order chi connectivity index (χ0) is 9.84. The summed E-state index contributed by atoms with van der Waals surface area (Å²) in [5.74, 6) is 0. The maximum Gasteiger partial charge on any atom is 0.299 e. The molecule has 0 radical (unpaired) electrons. The minimum Gasteiger partial charge on any atom is -0.691 e. The van der Waals surface area contributed by atoms with Crippen LogP contribution >= 0.6 is 35.0 Å². The Morgan fingerprint density at radius 2 is 2.38 bits per heavy atom. The van der Waals surface area contributed by atoms with Gasteiger partial charge in [0.2, 0.25) is 0 Å². The van der Waals surface area contributed by atoms with E-state index in [1.807, 2.05) is 0 Å². The zero-order valence-corrected chi connectivity index (χ0v) is 8.15. The van der Waals surface area contributed by atoms with Crippen LogP contribution in [0, 0.1) is 10.1 Å². The molecule has 1 aromatic rings. The second-order valence-corrected chi connectivity index (χ2v) is 4.36. The van der Waals surface area contributed by atoms with Crippen LogP contribution in [-0.4, -0.2) is 4.92 Å². The second kappa shape index (κ2) is 4.74. The van der Waals surface area contributed by atoms with Gasteiger partial charge in [0.05, 0.1) is 21.2 Å². The molecule has 13 heavy (non-hydrogen) atoms. The summed E-state index contributed by atoms with van der Waals surface area (Å²) >= 11 is 7.00. The molecule has 0 N–H and O–H groups in total. The average Bonchev–Trinajstić information content (AvgIpc) is 2.43. The van der Waals surface area contributed by atoms with Crippen molar-refractivity contribution in [2.75, 3.05) is 0 Å². The van der Waals surface area contributed by atoms with Gasteiger partial charge in [-0.2, -0.15) is 4.33 Å². The molecule has 0 saturated heterocycles. The van der Waals surface area contributed by atoms with Gasteiger partial charge in [0.25, 0.3) is 5.69 Å². The summed E-state index contributed by atoms with van der Waals surface area (Å²) in [5, 5.41) is 22.8. The van der Waals surface area contributed by atoms with Crippen molar-refractivity contribution >= 4 is 40.7 Å². The van der Waals surface area contributed by atoms with Crippen LogP contribution in [0.2, 0.25) is 4.34 Å². The molecule has 1 heterocycles. The second-order valence-electron chi connectivity index (χ2n) is 1.70. The van der Waals surface area contributed by atoms with Crippen LogP contribution < -0.4 is 5.26 Å². The van der Waals surface area contributed by atoms with Crippen LogP contribution in [0.1, 0.15) is 0 Å². The fourth-order valence-electron chi connectivity index (χ4n) is 0.551. The van der Waals surface area contributed by atoms with Gasteiger partial charge < -0.3 is 5.26 Å². The molecule has 9 heteroatoms. The lowest BCUT2D eigenvalue weighted by Gasteiger charge is -1.99. The molecule has 0 aliphatic rings. The van der Waals surface area contributed by atoms with E-state index in [0.717, 1.165) is 11.3 Å². The zero-order valence-electron chi connectivity index (χ0n) is 5.76. The first-order valence-electron chi connectivity index (χ1n) is 2.72. The first kappa shape index (κ1) is 10.7. The molecule has 0 amide bonds. The van der Waals surface area contributed by atoms with E-state index < -0.39 is 4.92 Å².